The number of urea groups is 1. The zero-order valence-corrected chi connectivity index (χ0v) is 9.32. The Balaban J connectivity index is 4.28. The fourth-order valence-electron chi connectivity index (χ4n) is 1.12. The number of aliphatic carboxylic acids is 1. The number of carbonyl (C=O) groups is 3. The second kappa shape index (κ2) is 6.65. The molecule has 0 spiro atoms. The van der Waals surface area contributed by atoms with Crippen LogP contribution in [0.5, 0.6) is 0 Å². The molecular weight excluding hydrogens is 214 g/mol. The van der Waals surface area contributed by atoms with Gasteiger partial charge in [-0.1, -0.05) is 13.3 Å². The zero-order valence-electron chi connectivity index (χ0n) is 9.32. The Bertz CT molecular complexity index is 280. The summed E-state index contributed by atoms with van der Waals surface area (Å²) in [5.41, 5.74) is 4.83. The van der Waals surface area contributed by atoms with E-state index < -0.39 is 30.0 Å². The van der Waals surface area contributed by atoms with E-state index in [0.717, 1.165) is 0 Å². The van der Waals surface area contributed by atoms with Crippen LogP contribution < -0.4 is 16.4 Å². The monoisotopic (exact) mass is 231 g/mol. The highest BCUT2D eigenvalue weighted by Gasteiger charge is 2.22. The van der Waals surface area contributed by atoms with Crippen LogP contribution in [0.4, 0.5) is 4.79 Å². The lowest BCUT2D eigenvalue weighted by Crippen LogP contribution is -2.51. The van der Waals surface area contributed by atoms with Crippen molar-refractivity contribution in [2.45, 2.75) is 38.8 Å². The third-order valence-electron chi connectivity index (χ3n) is 1.94. The number of hydrogen-bond donors (Lipinski definition) is 4. The molecule has 0 saturated carbocycles. The van der Waals surface area contributed by atoms with Crippen molar-refractivity contribution in [3.05, 3.63) is 0 Å². The van der Waals surface area contributed by atoms with Crippen LogP contribution in [0, 0.1) is 0 Å². The van der Waals surface area contributed by atoms with Crippen molar-refractivity contribution in [2.24, 2.45) is 5.73 Å². The van der Waals surface area contributed by atoms with E-state index in [1.165, 1.54) is 6.92 Å². The van der Waals surface area contributed by atoms with Gasteiger partial charge in [0.2, 0.25) is 5.91 Å². The number of nitrogens with two attached hydrogens (primary N) is 1. The highest BCUT2D eigenvalue weighted by molar-refractivity contribution is 5.89. The Morgan fingerprint density at radius 1 is 1.31 bits per heavy atom. The van der Waals surface area contributed by atoms with E-state index in [1.54, 1.807) is 0 Å². The van der Waals surface area contributed by atoms with Crippen molar-refractivity contribution < 1.29 is 19.5 Å². The molecule has 0 heterocycles. The number of carboxylic acids is 1. The molecule has 0 fully saturated rings. The number of primary amides is 1. The number of hydrogen-bond acceptors (Lipinski definition) is 3. The van der Waals surface area contributed by atoms with Gasteiger partial charge in [-0.25, -0.2) is 9.59 Å². The van der Waals surface area contributed by atoms with Crippen molar-refractivity contribution >= 4 is 17.9 Å². The van der Waals surface area contributed by atoms with Crippen LogP contribution in [0.2, 0.25) is 0 Å². The third kappa shape index (κ3) is 5.18. The highest BCUT2D eigenvalue weighted by atomic mass is 16.4. The lowest BCUT2D eigenvalue weighted by atomic mass is 10.1. The number of amides is 3. The van der Waals surface area contributed by atoms with E-state index >= 15 is 0 Å². The highest BCUT2D eigenvalue weighted by Crippen LogP contribution is 1.97. The summed E-state index contributed by atoms with van der Waals surface area (Å²) in [7, 11) is 0. The summed E-state index contributed by atoms with van der Waals surface area (Å²) >= 11 is 0. The molecule has 16 heavy (non-hydrogen) atoms. The van der Waals surface area contributed by atoms with Crippen molar-refractivity contribution in [2.75, 3.05) is 0 Å². The van der Waals surface area contributed by atoms with Crippen LogP contribution in [-0.4, -0.2) is 35.1 Å². The molecule has 0 radical (unpaired) electrons. The number of carboxylic acid groups (broad SMARTS) is 1. The molecule has 0 aromatic carbocycles. The fraction of sp³-hybridized carbons (Fsp3) is 0.667. The predicted molar refractivity (Wildman–Crippen MR) is 56.7 cm³/mol. The van der Waals surface area contributed by atoms with Crippen LogP contribution in [0.1, 0.15) is 26.7 Å². The van der Waals surface area contributed by atoms with Crippen molar-refractivity contribution in [1.82, 2.24) is 10.6 Å². The SMILES string of the molecule is CCC[C@@H](NC(=O)C(C)NC(N)=O)C(=O)O. The van der Waals surface area contributed by atoms with Gasteiger partial charge in [-0.2, -0.15) is 0 Å². The van der Waals surface area contributed by atoms with Crippen LogP contribution in [0.3, 0.4) is 0 Å². The number of carbonyl (C=O) groups excluding carboxylic acids is 2. The lowest BCUT2D eigenvalue weighted by Gasteiger charge is -2.17. The standard InChI is InChI=1S/C9H17N3O4/c1-3-4-6(8(14)15)12-7(13)5(2)11-9(10)16/h5-6H,3-4H2,1-2H3,(H,12,13)(H,14,15)(H3,10,11,16)/t5?,6-/m1/s1. The quantitative estimate of drug-likeness (QED) is 0.488. The molecule has 0 aliphatic heterocycles. The summed E-state index contributed by atoms with van der Waals surface area (Å²) in [5.74, 6) is -1.67. The molecule has 2 atom stereocenters. The van der Waals surface area contributed by atoms with Gasteiger partial charge < -0.3 is 21.5 Å². The van der Waals surface area contributed by atoms with Crippen molar-refractivity contribution in [3.63, 3.8) is 0 Å². The lowest BCUT2D eigenvalue weighted by molar-refractivity contribution is -0.142. The van der Waals surface area contributed by atoms with Gasteiger partial charge in [0.1, 0.15) is 12.1 Å². The van der Waals surface area contributed by atoms with Crippen molar-refractivity contribution in [1.29, 1.82) is 0 Å². The first-order valence-corrected chi connectivity index (χ1v) is 4.97. The van der Waals surface area contributed by atoms with E-state index in [4.69, 9.17) is 10.8 Å². The minimum absolute atomic E-state index is 0.338. The summed E-state index contributed by atoms with van der Waals surface area (Å²) in [6.07, 6.45) is 0.971. The molecule has 0 aliphatic rings. The average molecular weight is 231 g/mol. The Morgan fingerprint density at radius 2 is 1.88 bits per heavy atom. The molecular formula is C9H17N3O4. The number of rotatable bonds is 6. The molecule has 7 heteroatoms. The third-order valence-corrected chi connectivity index (χ3v) is 1.94. The average Bonchev–Trinajstić information content (AvgIpc) is 2.15. The van der Waals surface area contributed by atoms with E-state index in [-0.39, 0.29) is 0 Å². The molecule has 92 valence electrons. The zero-order chi connectivity index (χ0) is 12.7. The van der Waals surface area contributed by atoms with Crippen LogP contribution >= 0.6 is 0 Å². The largest absolute Gasteiger partial charge is 0.480 e. The Morgan fingerprint density at radius 3 is 2.25 bits per heavy atom. The van der Waals surface area contributed by atoms with Gasteiger partial charge >= 0.3 is 12.0 Å². The molecule has 5 N–H and O–H groups in total. The van der Waals surface area contributed by atoms with Crippen LogP contribution in [0.25, 0.3) is 0 Å². The van der Waals surface area contributed by atoms with Gasteiger partial charge in [0.15, 0.2) is 0 Å². The van der Waals surface area contributed by atoms with Gasteiger partial charge in [-0.05, 0) is 13.3 Å². The van der Waals surface area contributed by atoms with E-state index in [0.29, 0.717) is 12.8 Å². The molecule has 0 aromatic heterocycles. The molecule has 0 aromatic rings. The summed E-state index contributed by atoms with van der Waals surface area (Å²) in [6.45, 7) is 3.23. The van der Waals surface area contributed by atoms with Gasteiger partial charge in [-0.3, -0.25) is 4.79 Å². The molecule has 3 amide bonds. The van der Waals surface area contributed by atoms with E-state index in [9.17, 15) is 14.4 Å². The number of nitrogens with one attached hydrogen (secondary N) is 2. The summed E-state index contributed by atoms with van der Waals surface area (Å²) < 4.78 is 0. The molecule has 0 bridgehead atoms. The first-order valence-electron chi connectivity index (χ1n) is 4.97. The maximum Gasteiger partial charge on any atom is 0.326 e. The first-order chi connectivity index (χ1) is 7.38. The molecule has 0 saturated heterocycles. The fourth-order valence-corrected chi connectivity index (χ4v) is 1.12. The van der Waals surface area contributed by atoms with Crippen LogP contribution in [-0.2, 0) is 9.59 Å². The Labute approximate surface area is 93.4 Å². The smallest absolute Gasteiger partial charge is 0.326 e. The molecule has 7 nitrogen and oxygen atoms in total. The molecule has 1 unspecified atom stereocenters. The van der Waals surface area contributed by atoms with Crippen molar-refractivity contribution in [3.8, 4) is 0 Å². The van der Waals surface area contributed by atoms with E-state index in [1.807, 2.05) is 6.92 Å². The van der Waals surface area contributed by atoms with Gasteiger partial charge in [0, 0.05) is 0 Å². The Kier molecular flexibility index (Phi) is 5.91. The summed E-state index contributed by atoms with van der Waals surface area (Å²) in [6, 6.07) is -2.61. The minimum atomic E-state index is -1.10. The van der Waals surface area contributed by atoms with Gasteiger partial charge in [0.25, 0.3) is 0 Å². The second-order valence-corrected chi connectivity index (χ2v) is 3.42. The summed E-state index contributed by atoms with van der Waals surface area (Å²) in [4.78, 5) is 32.6. The normalized spacial score (nSPS) is 13.6. The summed E-state index contributed by atoms with van der Waals surface area (Å²) in [5, 5.41) is 13.3. The van der Waals surface area contributed by atoms with Gasteiger partial charge in [-0.15, -0.1) is 0 Å². The van der Waals surface area contributed by atoms with Gasteiger partial charge in [0.05, 0.1) is 0 Å². The molecule has 0 rings (SSSR count). The second-order valence-electron chi connectivity index (χ2n) is 3.42. The Hall–Kier alpha value is -1.79. The maximum atomic E-state index is 11.4. The maximum absolute atomic E-state index is 11.4. The van der Waals surface area contributed by atoms with Crippen LogP contribution in [0.15, 0.2) is 0 Å². The predicted octanol–water partition coefficient (Wildman–Crippen LogP) is -0.587. The topological polar surface area (TPSA) is 122 Å². The first kappa shape index (κ1) is 14.2. The molecule has 0 aliphatic carbocycles. The van der Waals surface area contributed by atoms with E-state index in [2.05, 4.69) is 10.6 Å². The minimum Gasteiger partial charge on any atom is -0.480 e.